The van der Waals surface area contributed by atoms with E-state index in [4.69, 9.17) is 4.98 Å². The Morgan fingerprint density at radius 1 is 1.15 bits per heavy atom. The number of rotatable bonds is 8. The van der Waals surface area contributed by atoms with Gasteiger partial charge in [-0.15, -0.1) is 0 Å². The maximum atomic E-state index is 12.3. The molecule has 4 rings (SSSR count). The van der Waals surface area contributed by atoms with Crippen LogP contribution >= 0.6 is 11.5 Å². The Balaban J connectivity index is 1.21. The number of nitro groups is 1. The van der Waals surface area contributed by atoms with E-state index in [9.17, 15) is 14.9 Å². The molecule has 0 spiro atoms. The zero-order valence-electron chi connectivity index (χ0n) is 18.4. The van der Waals surface area contributed by atoms with Gasteiger partial charge in [0, 0.05) is 74.9 Å². The van der Waals surface area contributed by atoms with Gasteiger partial charge < -0.3 is 10.2 Å². The Morgan fingerprint density at radius 3 is 2.64 bits per heavy atom. The number of anilines is 1. The largest absolute Gasteiger partial charge is 0.351 e. The van der Waals surface area contributed by atoms with E-state index in [1.807, 2.05) is 0 Å². The highest BCUT2D eigenvalue weighted by Gasteiger charge is 2.20. The van der Waals surface area contributed by atoms with Crippen molar-refractivity contribution in [2.24, 2.45) is 0 Å². The van der Waals surface area contributed by atoms with Gasteiger partial charge >= 0.3 is 0 Å². The molecule has 1 saturated heterocycles. The Kier molecular flexibility index (Phi) is 7.26. The quantitative estimate of drug-likeness (QED) is 0.402. The number of carbonyl (C=O) groups is 1. The van der Waals surface area contributed by atoms with E-state index in [1.165, 1.54) is 40.9 Å². The van der Waals surface area contributed by atoms with Crippen LogP contribution < -0.4 is 10.2 Å². The molecular weight excluding hydrogens is 440 g/mol. The summed E-state index contributed by atoms with van der Waals surface area (Å²) < 4.78 is 4.53. The number of amides is 1. The van der Waals surface area contributed by atoms with Gasteiger partial charge in [0.05, 0.1) is 4.92 Å². The van der Waals surface area contributed by atoms with E-state index in [-0.39, 0.29) is 11.6 Å². The van der Waals surface area contributed by atoms with Gasteiger partial charge in [-0.3, -0.25) is 19.8 Å². The zero-order valence-corrected chi connectivity index (χ0v) is 19.3. The van der Waals surface area contributed by atoms with Crippen molar-refractivity contribution in [1.82, 2.24) is 19.6 Å². The fourth-order valence-corrected chi connectivity index (χ4v) is 4.42. The lowest BCUT2D eigenvalue weighted by Crippen LogP contribution is -2.48. The van der Waals surface area contributed by atoms with Crippen LogP contribution in [-0.4, -0.2) is 64.4 Å². The first-order chi connectivity index (χ1) is 16.0. The molecule has 0 radical (unpaired) electrons. The lowest BCUT2D eigenvalue weighted by atomic mass is 10.1. The summed E-state index contributed by atoms with van der Waals surface area (Å²) in [5.41, 5.74) is 2.67. The number of nitrogens with one attached hydrogen (secondary N) is 1. The predicted octanol–water partition coefficient (Wildman–Crippen LogP) is 2.90. The first-order valence-corrected chi connectivity index (χ1v) is 11.6. The first-order valence-electron chi connectivity index (χ1n) is 10.9. The summed E-state index contributed by atoms with van der Waals surface area (Å²) in [7, 11) is 0. The topological polar surface area (TPSA) is 105 Å². The number of hydrogen-bond acceptors (Lipinski definition) is 8. The number of aromatic nitrogens is 2. The van der Waals surface area contributed by atoms with Crippen molar-refractivity contribution in [3.8, 4) is 0 Å². The van der Waals surface area contributed by atoms with E-state index in [1.54, 1.807) is 6.07 Å². The van der Waals surface area contributed by atoms with Crippen LogP contribution in [0.1, 0.15) is 27.3 Å². The first kappa shape index (κ1) is 22.8. The summed E-state index contributed by atoms with van der Waals surface area (Å²) in [6, 6.07) is 14.2. The minimum atomic E-state index is -0.500. The fourth-order valence-electron chi connectivity index (χ4n) is 3.69. The smallest absolute Gasteiger partial charge is 0.270 e. The second-order valence-corrected chi connectivity index (χ2v) is 8.78. The summed E-state index contributed by atoms with van der Waals surface area (Å²) in [6.07, 6.45) is 0.737. The highest BCUT2D eigenvalue weighted by Crippen LogP contribution is 2.20. The van der Waals surface area contributed by atoms with Crippen molar-refractivity contribution in [2.45, 2.75) is 13.3 Å². The summed E-state index contributed by atoms with van der Waals surface area (Å²) in [4.78, 5) is 31.9. The number of benzene rings is 2. The van der Waals surface area contributed by atoms with Crippen molar-refractivity contribution in [2.75, 3.05) is 44.2 Å². The molecule has 1 N–H and O–H groups in total. The number of aryl methyl sites for hydroxylation is 1. The molecule has 33 heavy (non-hydrogen) atoms. The summed E-state index contributed by atoms with van der Waals surface area (Å²) in [5, 5.41) is 14.7. The van der Waals surface area contributed by atoms with E-state index >= 15 is 0 Å². The molecule has 2 heterocycles. The molecule has 1 fully saturated rings. The van der Waals surface area contributed by atoms with Crippen LogP contribution in [0.5, 0.6) is 0 Å². The molecule has 1 aliphatic heterocycles. The Hall–Kier alpha value is -3.37. The molecule has 0 bridgehead atoms. The van der Waals surface area contributed by atoms with Crippen LogP contribution in [-0.2, 0) is 6.42 Å². The standard InChI is InChI=1S/C23H26N6O3S/c1-17-5-7-18(8-6-17)15-21-25-23(33-26-21)28-13-11-27(12-14-28)10-9-24-22(30)19-3-2-4-20(16-19)29(31)32/h2-8,16H,9-15H2,1H3,(H,24,30). The number of non-ortho nitro benzene ring substituents is 1. The van der Waals surface area contributed by atoms with E-state index in [2.05, 4.69) is 50.7 Å². The van der Waals surface area contributed by atoms with Gasteiger partial charge in [0.15, 0.2) is 0 Å². The number of piperazine rings is 1. The van der Waals surface area contributed by atoms with Gasteiger partial charge in [-0.25, -0.2) is 4.98 Å². The van der Waals surface area contributed by atoms with Crippen molar-refractivity contribution >= 4 is 28.3 Å². The normalized spacial score (nSPS) is 14.3. The van der Waals surface area contributed by atoms with Crippen LogP contribution in [0, 0.1) is 17.0 Å². The molecule has 10 heteroatoms. The zero-order chi connectivity index (χ0) is 23.2. The lowest BCUT2D eigenvalue weighted by molar-refractivity contribution is -0.384. The summed E-state index contributed by atoms with van der Waals surface area (Å²) >= 11 is 1.44. The van der Waals surface area contributed by atoms with E-state index in [0.29, 0.717) is 12.1 Å². The molecule has 0 atom stereocenters. The highest BCUT2D eigenvalue weighted by molar-refractivity contribution is 7.09. The average Bonchev–Trinajstić information content (AvgIpc) is 3.29. The van der Waals surface area contributed by atoms with Crippen molar-refractivity contribution in [1.29, 1.82) is 0 Å². The Morgan fingerprint density at radius 2 is 1.91 bits per heavy atom. The molecule has 2 aromatic carbocycles. The second kappa shape index (κ2) is 10.5. The molecule has 0 saturated carbocycles. The molecule has 1 amide bonds. The molecule has 172 valence electrons. The molecule has 1 aromatic heterocycles. The molecule has 1 aliphatic rings. The fraction of sp³-hybridized carbons (Fsp3) is 0.348. The minimum absolute atomic E-state index is 0.0857. The predicted molar refractivity (Wildman–Crippen MR) is 128 cm³/mol. The minimum Gasteiger partial charge on any atom is -0.351 e. The summed E-state index contributed by atoms with van der Waals surface area (Å²) in [6.45, 7) is 6.76. The van der Waals surface area contributed by atoms with E-state index in [0.717, 1.165) is 50.1 Å². The van der Waals surface area contributed by atoms with Crippen molar-refractivity contribution < 1.29 is 9.72 Å². The molecule has 0 unspecified atom stereocenters. The van der Waals surface area contributed by atoms with Gasteiger partial charge in [0.1, 0.15) is 5.82 Å². The van der Waals surface area contributed by atoms with Crippen molar-refractivity contribution in [3.63, 3.8) is 0 Å². The molecule has 0 aliphatic carbocycles. The van der Waals surface area contributed by atoms with Crippen LogP contribution in [0.15, 0.2) is 48.5 Å². The highest BCUT2D eigenvalue weighted by atomic mass is 32.1. The SMILES string of the molecule is Cc1ccc(Cc2nsc(N3CCN(CCNC(=O)c4cccc([N+](=O)[O-])c4)CC3)n2)cc1. The summed E-state index contributed by atoms with van der Waals surface area (Å²) in [5.74, 6) is 0.553. The number of nitrogens with zero attached hydrogens (tertiary/aromatic N) is 5. The van der Waals surface area contributed by atoms with Gasteiger partial charge in [0.25, 0.3) is 11.6 Å². The third-order valence-corrected chi connectivity index (χ3v) is 6.43. The van der Waals surface area contributed by atoms with Gasteiger partial charge in [0.2, 0.25) is 5.13 Å². The van der Waals surface area contributed by atoms with Crippen LogP contribution in [0.2, 0.25) is 0 Å². The van der Waals surface area contributed by atoms with Gasteiger partial charge in [-0.2, -0.15) is 4.37 Å². The van der Waals surface area contributed by atoms with E-state index < -0.39 is 4.92 Å². The van der Waals surface area contributed by atoms with Crippen LogP contribution in [0.4, 0.5) is 10.8 Å². The molecule has 9 nitrogen and oxygen atoms in total. The lowest BCUT2D eigenvalue weighted by Gasteiger charge is -2.34. The van der Waals surface area contributed by atoms with Gasteiger partial charge in [-0.05, 0) is 18.6 Å². The third-order valence-electron chi connectivity index (χ3n) is 5.62. The maximum absolute atomic E-state index is 12.3. The number of carbonyl (C=O) groups excluding carboxylic acids is 1. The van der Waals surface area contributed by atoms with Crippen LogP contribution in [0.25, 0.3) is 0 Å². The third kappa shape index (κ3) is 6.11. The molecule has 3 aromatic rings. The number of hydrogen-bond donors (Lipinski definition) is 1. The van der Waals surface area contributed by atoms with Gasteiger partial charge in [-0.1, -0.05) is 35.9 Å². The Labute approximate surface area is 196 Å². The van der Waals surface area contributed by atoms with Crippen molar-refractivity contribution in [3.05, 3.63) is 81.2 Å². The number of nitro benzene ring substituents is 1. The molecular formula is C23H26N6O3S. The second-order valence-electron chi connectivity index (χ2n) is 8.05. The van der Waals surface area contributed by atoms with Crippen LogP contribution in [0.3, 0.4) is 0 Å². The monoisotopic (exact) mass is 466 g/mol. The maximum Gasteiger partial charge on any atom is 0.270 e. The Bertz CT molecular complexity index is 1110. The average molecular weight is 467 g/mol.